The lowest BCUT2D eigenvalue weighted by Gasteiger charge is -2.18. The van der Waals surface area contributed by atoms with Gasteiger partial charge in [0.2, 0.25) is 0 Å². The Labute approximate surface area is 112 Å². The molecule has 1 saturated carbocycles. The summed E-state index contributed by atoms with van der Waals surface area (Å²) in [4.78, 5) is 24.6. The molecular weight excluding hydrogens is 273 g/mol. The van der Waals surface area contributed by atoms with Crippen LogP contribution in [0.3, 0.4) is 0 Å². The van der Waals surface area contributed by atoms with Crippen molar-refractivity contribution in [2.75, 3.05) is 4.90 Å². The van der Waals surface area contributed by atoms with Crippen LogP contribution >= 0.6 is 0 Å². The summed E-state index contributed by atoms with van der Waals surface area (Å²) in [5, 5.41) is 2.46. The van der Waals surface area contributed by atoms with Crippen molar-refractivity contribution in [1.82, 2.24) is 5.32 Å². The van der Waals surface area contributed by atoms with Crippen LogP contribution in [0.2, 0.25) is 0 Å². The van der Waals surface area contributed by atoms with E-state index in [1.807, 2.05) is 0 Å². The van der Waals surface area contributed by atoms with Crippen LogP contribution in [0.5, 0.6) is 0 Å². The van der Waals surface area contributed by atoms with Crippen molar-refractivity contribution < 1.29 is 22.8 Å². The van der Waals surface area contributed by atoms with Gasteiger partial charge in [-0.3, -0.25) is 4.79 Å². The molecule has 1 N–H and O–H groups in total. The van der Waals surface area contributed by atoms with Gasteiger partial charge in [-0.25, -0.2) is 9.69 Å². The van der Waals surface area contributed by atoms with E-state index >= 15 is 0 Å². The Morgan fingerprint density at radius 3 is 2.40 bits per heavy atom. The number of alkyl halides is 3. The average molecular weight is 284 g/mol. The molecule has 3 rings (SSSR count). The Morgan fingerprint density at radius 2 is 1.80 bits per heavy atom. The molecule has 1 aliphatic heterocycles. The van der Waals surface area contributed by atoms with E-state index in [1.165, 1.54) is 12.1 Å². The molecule has 7 heteroatoms. The third kappa shape index (κ3) is 2.03. The maximum Gasteiger partial charge on any atom is 0.418 e. The molecule has 2 fully saturated rings. The molecule has 2 aliphatic rings. The van der Waals surface area contributed by atoms with Crippen LogP contribution in [0.4, 0.5) is 23.7 Å². The lowest BCUT2D eigenvalue weighted by molar-refractivity contribution is -0.137. The van der Waals surface area contributed by atoms with Gasteiger partial charge in [0.25, 0.3) is 5.91 Å². The number of hydrogen-bond donors (Lipinski definition) is 1. The molecule has 1 saturated heterocycles. The fourth-order valence-corrected chi connectivity index (χ4v) is 2.38. The summed E-state index contributed by atoms with van der Waals surface area (Å²) in [6, 6.07) is 3.11. The van der Waals surface area contributed by atoms with E-state index in [4.69, 9.17) is 0 Å². The Morgan fingerprint density at radius 1 is 1.15 bits per heavy atom. The van der Waals surface area contributed by atoms with Gasteiger partial charge < -0.3 is 5.32 Å². The highest BCUT2D eigenvalue weighted by Gasteiger charge is 2.48. The van der Waals surface area contributed by atoms with Crippen LogP contribution in [0.1, 0.15) is 18.4 Å². The summed E-state index contributed by atoms with van der Waals surface area (Å²) in [5.41, 5.74) is -1.40. The second-order valence-corrected chi connectivity index (χ2v) is 4.95. The molecular formula is C13H11F3N2O2. The highest BCUT2D eigenvalue weighted by molar-refractivity contribution is 6.22. The first kappa shape index (κ1) is 13.0. The van der Waals surface area contributed by atoms with E-state index < -0.39 is 35.4 Å². The lowest BCUT2D eigenvalue weighted by atomic mass is 10.1. The molecule has 4 nitrogen and oxygen atoms in total. The normalized spacial score (nSPS) is 23.1. The Kier molecular flexibility index (Phi) is 2.74. The van der Waals surface area contributed by atoms with Gasteiger partial charge in [-0.2, -0.15) is 13.2 Å². The van der Waals surface area contributed by atoms with Gasteiger partial charge in [0, 0.05) is 0 Å². The van der Waals surface area contributed by atoms with Crippen molar-refractivity contribution in [1.29, 1.82) is 0 Å². The highest BCUT2D eigenvalue weighted by atomic mass is 19.4. The minimum absolute atomic E-state index is 0.0505. The molecule has 1 aliphatic carbocycles. The second kappa shape index (κ2) is 4.22. The Hall–Kier alpha value is -2.05. The molecule has 106 valence electrons. The van der Waals surface area contributed by atoms with Crippen molar-refractivity contribution in [2.45, 2.75) is 25.1 Å². The maximum absolute atomic E-state index is 13.0. The number of amides is 3. The fraction of sp³-hybridized carbons (Fsp3) is 0.385. The number of imide groups is 1. The van der Waals surface area contributed by atoms with Crippen molar-refractivity contribution in [3.8, 4) is 0 Å². The SMILES string of the molecule is O=C1NC(C2CC2)C(=O)N1c1ccccc1C(F)(F)F. The van der Waals surface area contributed by atoms with E-state index in [-0.39, 0.29) is 5.92 Å². The number of rotatable bonds is 2. The van der Waals surface area contributed by atoms with Crippen molar-refractivity contribution in [3.05, 3.63) is 29.8 Å². The van der Waals surface area contributed by atoms with Crippen molar-refractivity contribution in [3.63, 3.8) is 0 Å². The first-order valence-corrected chi connectivity index (χ1v) is 6.20. The molecule has 1 atom stereocenters. The van der Waals surface area contributed by atoms with Crippen LogP contribution in [-0.4, -0.2) is 18.0 Å². The molecule has 3 amide bonds. The summed E-state index contributed by atoms with van der Waals surface area (Å²) >= 11 is 0. The number of benzene rings is 1. The quantitative estimate of drug-likeness (QED) is 0.848. The van der Waals surface area contributed by atoms with Gasteiger partial charge in [0.05, 0.1) is 11.3 Å². The smallest absolute Gasteiger partial charge is 0.325 e. The number of carbonyl (C=O) groups is 2. The van der Waals surface area contributed by atoms with Crippen LogP contribution in [0.25, 0.3) is 0 Å². The van der Waals surface area contributed by atoms with Gasteiger partial charge in [-0.1, -0.05) is 12.1 Å². The number of nitrogens with zero attached hydrogens (tertiary/aromatic N) is 1. The van der Waals surface area contributed by atoms with Crippen LogP contribution in [-0.2, 0) is 11.0 Å². The number of para-hydroxylation sites is 1. The summed E-state index contributed by atoms with van der Waals surface area (Å²) < 4.78 is 38.9. The molecule has 0 spiro atoms. The Balaban J connectivity index is 2.01. The highest BCUT2D eigenvalue weighted by Crippen LogP contribution is 2.40. The number of nitrogens with one attached hydrogen (secondary N) is 1. The van der Waals surface area contributed by atoms with E-state index in [0.29, 0.717) is 4.90 Å². The summed E-state index contributed by atoms with van der Waals surface area (Å²) in [6.07, 6.45) is -2.99. The fourth-order valence-electron chi connectivity index (χ4n) is 2.38. The number of urea groups is 1. The molecule has 1 heterocycles. The van der Waals surface area contributed by atoms with Crippen molar-refractivity contribution in [2.24, 2.45) is 5.92 Å². The zero-order chi connectivity index (χ0) is 14.5. The zero-order valence-corrected chi connectivity index (χ0v) is 10.3. The minimum atomic E-state index is -4.62. The number of carbonyl (C=O) groups excluding carboxylic acids is 2. The largest absolute Gasteiger partial charge is 0.418 e. The molecule has 1 unspecified atom stereocenters. The molecule has 0 bridgehead atoms. The van der Waals surface area contributed by atoms with Gasteiger partial charge in [0.1, 0.15) is 6.04 Å². The van der Waals surface area contributed by atoms with Crippen LogP contribution in [0.15, 0.2) is 24.3 Å². The first-order chi connectivity index (χ1) is 9.39. The van der Waals surface area contributed by atoms with Gasteiger partial charge in [-0.15, -0.1) is 0 Å². The lowest BCUT2D eigenvalue weighted by Crippen LogP contribution is -2.33. The topological polar surface area (TPSA) is 49.4 Å². The maximum atomic E-state index is 13.0. The second-order valence-electron chi connectivity index (χ2n) is 4.95. The predicted octanol–water partition coefficient (Wildman–Crippen LogP) is 2.54. The molecule has 0 radical (unpaired) electrons. The number of hydrogen-bond acceptors (Lipinski definition) is 2. The summed E-state index contributed by atoms with van der Waals surface area (Å²) in [6.45, 7) is 0. The number of anilines is 1. The Bertz CT molecular complexity index is 581. The monoisotopic (exact) mass is 284 g/mol. The van der Waals surface area contributed by atoms with Crippen molar-refractivity contribution >= 4 is 17.6 Å². The predicted molar refractivity (Wildman–Crippen MR) is 64.0 cm³/mol. The first-order valence-electron chi connectivity index (χ1n) is 6.20. The van der Waals surface area contributed by atoms with Gasteiger partial charge >= 0.3 is 12.2 Å². The molecule has 20 heavy (non-hydrogen) atoms. The molecule has 1 aromatic carbocycles. The molecule has 0 aromatic heterocycles. The number of halogens is 3. The van der Waals surface area contributed by atoms with E-state index in [1.54, 1.807) is 0 Å². The van der Waals surface area contributed by atoms with E-state index in [0.717, 1.165) is 25.0 Å². The minimum Gasteiger partial charge on any atom is -0.325 e. The zero-order valence-electron chi connectivity index (χ0n) is 10.3. The van der Waals surface area contributed by atoms with Gasteiger partial charge in [0.15, 0.2) is 0 Å². The van der Waals surface area contributed by atoms with Gasteiger partial charge in [-0.05, 0) is 30.9 Å². The third-order valence-corrected chi connectivity index (χ3v) is 3.51. The van der Waals surface area contributed by atoms with Crippen LogP contribution < -0.4 is 10.2 Å². The summed E-state index contributed by atoms with van der Waals surface area (Å²) in [7, 11) is 0. The molecule has 1 aromatic rings. The summed E-state index contributed by atoms with van der Waals surface area (Å²) in [5.74, 6) is -0.552. The third-order valence-electron chi connectivity index (χ3n) is 3.51. The van der Waals surface area contributed by atoms with E-state index in [9.17, 15) is 22.8 Å². The van der Waals surface area contributed by atoms with E-state index in [2.05, 4.69) is 5.32 Å². The average Bonchev–Trinajstić information content (AvgIpc) is 3.15. The standard InChI is InChI=1S/C13H11F3N2O2/c14-13(15,16)8-3-1-2-4-9(8)18-11(19)10(7-5-6-7)17-12(18)20/h1-4,7,10H,5-6H2,(H,17,20). The van der Waals surface area contributed by atoms with Crippen LogP contribution in [0, 0.1) is 5.92 Å².